The Kier molecular flexibility index (Phi) is 8.34. The van der Waals surface area contributed by atoms with Crippen molar-refractivity contribution in [3.8, 4) is 11.5 Å². The maximum atomic E-state index is 12.2. The van der Waals surface area contributed by atoms with Crippen LogP contribution in [0.2, 0.25) is 0 Å². The SMILES string of the molecule is CCOc1cc(CN2CC[C@@H](O)[C@](CCC(C)C)(C(=O)O)C2)ccc1OC(C)C. The van der Waals surface area contributed by atoms with Gasteiger partial charge in [0.1, 0.15) is 5.41 Å². The molecule has 0 aromatic heterocycles. The number of carboxylic acid groups (broad SMARTS) is 1. The minimum absolute atomic E-state index is 0.0563. The van der Waals surface area contributed by atoms with Crippen molar-refractivity contribution in [1.29, 1.82) is 0 Å². The van der Waals surface area contributed by atoms with Gasteiger partial charge in [-0.3, -0.25) is 9.69 Å². The van der Waals surface area contributed by atoms with Crippen LogP contribution in [0.15, 0.2) is 18.2 Å². The van der Waals surface area contributed by atoms with Crippen molar-refractivity contribution in [1.82, 2.24) is 4.90 Å². The molecule has 29 heavy (non-hydrogen) atoms. The molecule has 164 valence electrons. The lowest BCUT2D eigenvalue weighted by Crippen LogP contribution is -2.55. The zero-order valence-corrected chi connectivity index (χ0v) is 18.5. The minimum atomic E-state index is -1.11. The van der Waals surface area contributed by atoms with Gasteiger partial charge < -0.3 is 19.7 Å². The molecule has 0 aliphatic carbocycles. The number of hydrogen-bond acceptors (Lipinski definition) is 5. The van der Waals surface area contributed by atoms with Gasteiger partial charge in [-0.2, -0.15) is 0 Å². The van der Waals surface area contributed by atoms with Crippen LogP contribution in [0.1, 0.15) is 59.4 Å². The maximum absolute atomic E-state index is 12.2. The number of aliphatic hydroxyl groups is 1. The van der Waals surface area contributed by atoms with Crippen molar-refractivity contribution in [2.75, 3.05) is 19.7 Å². The molecule has 1 aromatic rings. The molecule has 2 N–H and O–H groups in total. The molecular formula is C23H37NO5. The zero-order chi connectivity index (χ0) is 21.6. The first-order valence-electron chi connectivity index (χ1n) is 10.7. The second kappa shape index (κ2) is 10.3. The van der Waals surface area contributed by atoms with Gasteiger partial charge in [0.05, 0.1) is 18.8 Å². The molecule has 0 unspecified atom stereocenters. The number of piperidine rings is 1. The number of nitrogens with zero attached hydrogens (tertiary/aromatic N) is 1. The van der Waals surface area contributed by atoms with Gasteiger partial charge in [-0.05, 0) is 63.6 Å². The van der Waals surface area contributed by atoms with Gasteiger partial charge in [0.25, 0.3) is 0 Å². The quantitative estimate of drug-likeness (QED) is 0.611. The third-order valence-corrected chi connectivity index (χ3v) is 5.53. The summed E-state index contributed by atoms with van der Waals surface area (Å²) in [4.78, 5) is 14.3. The summed E-state index contributed by atoms with van der Waals surface area (Å²) in [5.74, 6) is 0.929. The van der Waals surface area contributed by atoms with Gasteiger partial charge >= 0.3 is 5.97 Å². The minimum Gasteiger partial charge on any atom is -0.490 e. The third-order valence-electron chi connectivity index (χ3n) is 5.53. The fraction of sp³-hybridized carbons (Fsp3) is 0.696. The lowest BCUT2D eigenvalue weighted by atomic mass is 9.72. The molecular weight excluding hydrogens is 370 g/mol. The smallest absolute Gasteiger partial charge is 0.313 e. The predicted molar refractivity (Wildman–Crippen MR) is 113 cm³/mol. The van der Waals surface area contributed by atoms with Crippen molar-refractivity contribution in [3.63, 3.8) is 0 Å². The van der Waals surface area contributed by atoms with Crippen molar-refractivity contribution >= 4 is 5.97 Å². The van der Waals surface area contributed by atoms with Gasteiger partial charge in [-0.15, -0.1) is 0 Å². The average Bonchev–Trinajstić information content (AvgIpc) is 2.64. The summed E-state index contributed by atoms with van der Waals surface area (Å²) in [6.07, 6.45) is 0.990. The second-order valence-corrected chi connectivity index (χ2v) is 8.79. The summed E-state index contributed by atoms with van der Waals surface area (Å²) in [5.41, 5.74) is -0.0597. The standard InChI is InChI=1S/C23H37NO5/c1-6-28-20-13-18(7-8-19(20)29-17(4)5)14-24-12-10-21(25)23(15-24,22(26)27)11-9-16(2)3/h7-8,13,16-17,21,25H,6,9-12,14-15H2,1-5H3,(H,26,27)/t21-,23-/m1/s1. The van der Waals surface area contributed by atoms with E-state index in [2.05, 4.69) is 18.7 Å². The number of likely N-dealkylation sites (tertiary alicyclic amines) is 1. The van der Waals surface area contributed by atoms with E-state index in [9.17, 15) is 15.0 Å². The number of hydrogen-bond donors (Lipinski definition) is 2. The number of aliphatic hydroxyl groups excluding tert-OH is 1. The average molecular weight is 408 g/mol. The number of rotatable bonds is 10. The number of carbonyl (C=O) groups is 1. The summed E-state index contributed by atoms with van der Waals surface area (Å²) in [6.45, 7) is 12.2. The third kappa shape index (κ3) is 6.09. The van der Waals surface area contributed by atoms with Crippen LogP contribution < -0.4 is 9.47 Å². The Morgan fingerprint density at radius 1 is 1.28 bits per heavy atom. The van der Waals surface area contributed by atoms with E-state index in [1.54, 1.807) is 0 Å². The summed E-state index contributed by atoms with van der Waals surface area (Å²) >= 11 is 0. The number of carboxylic acids is 1. The van der Waals surface area contributed by atoms with E-state index >= 15 is 0 Å². The lowest BCUT2D eigenvalue weighted by molar-refractivity contribution is -0.165. The topological polar surface area (TPSA) is 79.2 Å². The molecule has 1 heterocycles. The van der Waals surface area contributed by atoms with E-state index in [1.165, 1.54) is 0 Å². The van der Waals surface area contributed by atoms with E-state index in [-0.39, 0.29) is 6.10 Å². The largest absolute Gasteiger partial charge is 0.490 e. The molecule has 1 fully saturated rings. The molecule has 6 nitrogen and oxygen atoms in total. The summed E-state index contributed by atoms with van der Waals surface area (Å²) in [5, 5.41) is 20.5. The highest BCUT2D eigenvalue weighted by atomic mass is 16.5. The Labute approximate surface area is 174 Å². The van der Waals surface area contributed by atoms with E-state index < -0.39 is 17.5 Å². The highest BCUT2D eigenvalue weighted by Gasteiger charge is 2.48. The molecule has 1 aromatic carbocycles. The first kappa shape index (κ1) is 23.5. The van der Waals surface area contributed by atoms with Crippen molar-refractivity contribution < 1.29 is 24.5 Å². The Morgan fingerprint density at radius 3 is 2.59 bits per heavy atom. The van der Waals surface area contributed by atoms with Crippen LogP contribution >= 0.6 is 0 Å². The molecule has 0 spiro atoms. The molecule has 6 heteroatoms. The van der Waals surface area contributed by atoms with Gasteiger partial charge in [-0.1, -0.05) is 19.9 Å². The van der Waals surface area contributed by atoms with Crippen molar-refractivity contribution in [2.24, 2.45) is 11.3 Å². The Morgan fingerprint density at radius 2 is 2.00 bits per heavy atom. The molecule has 1 aliphatic rings. The van der Waals surface area contributed by atoms with Crippen molar-refractivity contribution in [2.45, 2.75) is 72.6 Å². The molecule has 2 atom stereocenters. The number of benzene rings is 1. The monoisotopic (exact) mass is 407 g/mol. The van der Waals surface area contributed by atoms with Gasteiger partial charge in [0, 0.05) is 19.6 Å². The van der Waals surface area contributed by atoms with Crippen LogP contribution in [0.3, 0.4) is 0 Å². The summed E-state index contributed by atoms with van der Waals surface area (Å²) < 4.78 is 11.6. The van der Waals surface area contributed by atoms with Gasteiger partial charge in [0.2, 0.25) is 0 Å². The fourth-order valence-electron chi connectivity index (χ4n) is 3.94. The Hall–Kier alpha value is -1.79. The molecule has 0 radical (unpaired) electrons. The van der Waals surface area contributed by atoms with E-state index in [0.29, 0.717) is 50.8 Å². The summed E-state index contributed by atoms with van der Waals surface area (Å²) in [6, 6.07) is 5.90. The van der Waals surface area contributed by atoms with Crippen LogP contribution in [-0.2, 0) is 11.3 Å². The second-order valence-electron chi connectivity index (χ2n) is 8.79. The van der Waals surface area contributed by atoms with Crippen LogP contribution in [0.4, 0.5) is 0 Å². The highest BCUT2D eigenvalue weighted by molar-refractivity contribution is 5.76. The first-order valence-corrected chi connectivity index (χ1v) is 10.7. The normalized spacial score (nSPS) is 22.8. The number of aliphatic carboxylic acids is 1. The van der Waals surface area contributed by atoms with Crippen LogP contribution in [0.25, 0.3) is 0 Å². The summed E-state index contributed by atoms with van der Waals surface area (Å²) in [7, 11) is 0. The fourth-order valence-corrected chi connectivity index (χ4v) is 3.94. The Balaban J connectivity index is 2.18. The zero-order valence-electron chi connectivity index (χ0n) is 18.5. The van der Waals surface area contributed by atoms with E-state index in [0.717, 1.165) is 17.7 Å². The van der Waals surface area contributed by atoms with E-state index in [4.69, 9.17) is 9.47 Å². The Bertz CT molecular complexity index is 675. The van der Waals surface area contributed by atoms with Gasteiger partial charge in [-0.25, -0.2) is 0 Å². The molecule has 0 bridgehead atoms. The molecule has 1 aliphatic heterocycles. The molecule has 2 rings (SSSR count). The molecule has 0 amide bonds. The predicted octanol–water partition coefficient (Wildman–Crippen LogP) is 3.95. The lowest BCUT2D eigenvalue weighted by Gasteiger charge is -2.43. The van der Waals surface area contributed by atoms with Gasteiger partial charge in [0.15, 0.2) is 11.5 Å². The van der Waals surface area contributed by atoms with Crippen LogP contribution in [0.5, 0.6) is 11.5 Å². The van der Waals surface area contributed by atoms with Crippen LogP contribution in [0, 0.1) is 11.3 Å². The van der Waals surface area contributed by atoms with Crippen molar-refractivity contribution in [3.05, 3.63) is 23.8 Å². The van der Waals surface area contributed by atoms with Crippen LogP contribution in [-0.4, -0.2) is 53.0 Å². The molecule has 1 saturated heterocycles. The highest BCUT2D eigenvalue weighted by Crippen LogP contribution is 2.38. The number of ether oxygens (including phenoxy) is 2. The van der Waals surface area contributed by atoms with E-state index in [1.807, 2.05) is 39.0 Å². The first-order chi connectivity index (χ1) is 13.7. The maximum Gasteiger partial charge on any atom is 0.313 e. The molecule has 0 saturated carbocycles.